The number of nitrogens with one attached hydrogen (secondary N) is 1. The number of alkyl halides is 3. The van der Waals surface area contributed by atoms with E-state index < -0.39 is 32.6 Å². The van der Waals surface area contributed by atoms with E-state index in [1.165, 1.54) is 4.72 Å². The fourth-order valence-corrected chi connectivity index (χ4v) is 2.02. The van der Waals surface area contributed by atoms with E-state index in [9.17, 15) is 31.7 Å². The molecule has 0 radical (unpaired) electrons. The predicted octanol–water partition coefficient (Wildman–Crippen LogP) is 1.44. The lowest BCUT2D eigenvalue weighted by Gasteiger charge is -2.08. The Bertz CT molecular complexity index is 538. The van der Waals surface area contributed by atoms with E-state index >= 15 is 0 Å². The van der Waals surface area contributed by atoms with E-state index in [1.54, 1.807) is 0 Å². The smallest absolute Gasteiger partial charge is 0.258 e. The van der Waals surface area contributed by atoms with Crippen molar-refractivity contribution in [2.75, 3.05) is 6.54 Å². The molecule has 0 saturated carbocycles. The average Bonchev–Trinajstić information content (AvgIpc) is 2.26. The summed E-state index contributed by atoms with van der Waals surface area (Å²) >= 11 is 0. The van der Waals surface area contributed by atoms with E-state index in [0.717, 1.165) is 24.3 Å². The molecule has 1 aromatic carbocycles. The Balaban J connectivity index is 2.89. The third-order valence-corrected chi connectivity index (χ3v) is 3.24. The topological polar surface area (TPSA) is 89.3 Å². The van der Waals surface area contributed by atoms with E-state index in [-0.39, 0.29) is 5.69 Å². The molecule has 0 spiro atoms. The number of nitrogens with zero attached hydrogens (tertiary/aromatic N) is 1. The monoisotopic (exact) mass is 284 g/mol. The van der Waals surface area contributed by atoms with Gasteiger partial charge in [0.05, 0.1) is 9.82 Å². The fourth-order valence-electron chi connectivity index (χ4n) is 1.01. The number of hydrogen-bond acceptors (Lipinski definition) is 4. The number of rotatable bonds is 4. The molecule has 6 nitrogen and oxygen atoms in total. The van der Waals surface area contributed by atoms with E-state index in [0.29, 0.717) is 0 Å². The van der Waals surface area contributed by atoms with Gasteiger partial charge in [0.25, 0.3) is 5.69 Å². The first-order valence-electron chi connectivity index (χ1n) is 4.43. The highest BCUT2D eigenvalue weighted by molar-refractivity contribution is 7.89. The minimum absolute atomic E-state index is 0.357. The summed E-state index contributed by atoms with van der Waals surface area (Å²) in [6, 6.07) is 3.50. The molecule has 18 heavy (non-hydrogen) atoms. The Hall–Kier alpha value is -1.68. The zero-order valence-corrected chi connectivity index (χ0v) is 9.46. The summed E-state index contributed by atoms with van der Waals surface area (Å²) in [7, 11) is -4.33. The van der Waals surface area contributed by atoms with Crippen molar-refractivity contribution >= 4 is 15.7 Å². The van der Waals surface area contributed by atoms with Crippen molar-refractivity contribution in [1.29, 1.82) is 0 Å². The van der Waals surface area contributed by atoms with Gasteiger partial charge in [-0.1, -0.05) is 0 Å². The number of nitro benzene ring substituents is 1. The highest BCUT2D eigenvalue weighted by Gasteiger charge is 2.30. The van der Waals surface area contributed by atoms with Crippen LogP contribution < -0.4 is 4.72 Å². The molecular weight excluding hydrogens is 277 g/mol. The minimum Gasteiger partial charge on any atom is -0.258 e. The zero-order chi connectivity index (χ0) is 14.0. The van der Waals surface area contributed by atoms with Gasteiger partial charge in [-0.2, -0.15) is 13.2 Å². The maximum Gasteiger partial charge on any atom is 0.402 e. The molecular formula is C8H7F3N2O4S. The van der Waals surface area contributed by atoms with Gasteiger partial charge in [0.15, 0.2) is 0 Å². The van der Waals surface area contributed by atoms with Crippen molar-refractivity contribution in [3.63, 3.8) is 0 Å². The quantitative estimate of drug-likeness (QED) is 0.669. The first-order chi connectivity index (χ1) is 8.12. The highest BCUT2D eigenvalue weighted by Crippen LogP contribution is 2.17. The molecule has 0 fully saturated rings. The van der Waals surface area contributed by atoms with Crippen LogP contribution in [0.4, 0.5) is 18.9 Å². The number of sulfonamides is 1. The molecule has 0 aliphatic rings. The van der Waals surface area contributed by atoms with Crippen LogP contribution >= 0.6 is 0 Å². The molecule has 0 aliphatic carbocycles. The number of non-ortho nitro benzene ring substituents is 1. The Morgan fingerprint density at radius 1 is 1.22 bits per heavy atom. The van der Waals surface area contributed by atoms with E-state index in [1.807, 2.05) is 0 Å². The van der Waals surface area contributed by atoms with Crippen LogP contribution in [0.2, 0.25) is 0 Å². The van der Waals surface area contributed by atoms with Crippen LogP contribution in [-0.2, 0) is 10.0 Å². The third-order valence-electron chi connectivity index (χ3n) is 1.82. The number of benzene rings is 1. The van der Waals surface area contributed by atoms with Gasteiger partial charge in [-0.3, -0.25) is 10.1 Å². The van der Waals surface area contributed by atoms with Crippen LogP contribution in [-0.4, -0.2) is 26.1 Å². The highest BCUT2D eigenvalue weighted by atomic mass is 32.2. The molecule has 1 aromatic rings. The molecule has 1 N–H and O–H groups in total. The molecule has 0 aliphatic heterocycles. The molecule has 0 bridgehead atoms. The molecule has 0 atom stereocenters. The van der Waals surface area contributed by atoms with Crippen LogP contribution in [0.15, 0.2) is 29.2 Å². The van der Waals surface area contributed by atoms with Crippen molar-refractivity contribution in [2.45, 2.75) is 11.1 Å². The van der Waals surface area contributed by atoms with E-state index in [2.05, 4.69) is 0 Å². The normalized spacial score (nSPS) is 12.4. The van der Waals surface area contributed by atoms with Gasteiger partial charge in [-0.15, -0.1) is 0 Å². The van der Waals surface area contributed by atoms with Crippen LogP contribution in [0.3, 0.4) is 0 Å². The Morgan fingerprint density at radius 3 is 2.11 bits per heavy atom. The maximum atomic E-state index is 11.9. The summed E-state index contributed by atoms with van der Waals surface area (Å²) in [5.74, 6) is 0. The summed E-state index contributed by atoms with van der Waals surface area (Å²) in [6.45, 7) is -1.70. The van der Waals surface area contributed by atoms with Gasteiger partial charge in [0, 0.05) is 12.1 Å². The summed E-state index contributed by atoms with van der Waals surface area (Å²) < 4.78 is 59.7. The zero-order valence-electron chi connectivity index (χ0n) is 8.64. The predicted molar refractivity (Wildman–Crippen MR) is 54.3 cm³/mol. The second-order valence-corrected chi connectivity index (χ2v) is 4.96. The van der Waals surface area contributed by atoms with Crippen molar-refractivity contribution < 1.29 is 26.5 Å². The molecule has 100 valence electrons. The Kier molecular flexibility index (Phi) is 3.92. The first-order valence-corrected chi connectivity index (χ1v) is 5.91. The SMILES string of the molecule is O=[N+]([O-])c1ccc(S(=O)(=O)NCC(F)(F)F)cc1. The van der Waals surface area contributed by atoms with Gasteiger partial charge >= 0.3 is 6.18 Å². The van der Waals surface area contributed by atoms with Gasteiger partial charge in [0.2, 0.25) is 10.0 Å². The molecule has 10 heteroatoms. The van der Waals surface area contributed by atoms with Gasteiger partial charge in [-0.05, 0) is 12.1 Å². The van der Waals surface area contributed by atoms with Crippen LogP contribution in [0.25, 0.3) is 0 Å². The summed E-state index contributed by atoms with van der Waals surface area (Å²) in [5.41, 5.74) is -0.357. The lowest BCUT2D eigenvalue weighted by atomic mass is 10.3. The number of hydrogen-bond donors (Lipinski definition) is 1. The van der Waals surface area contributed by atoms with Crippen molar-refractivity contribution in [1.82, 2.24) is 4.72 Å². The summed E-state index contributed by atoms with van der Waals surface area (Å²) in [5, 5.41) is 10.3. The molecule has 0 heterocycles. The first kappa shape index (κ1) is 14.4. The standard InChI is InChI=1S/C8H7F3N2O4S/c9-8(10,11)5-12-18(16,17)7-3-1-6(2-4-7)13(14)15/h1-4,12H,5H2. The number of nitro groups is 1. The third kappa shape index (κ3) is 3.96. The number of halogens is 3. The molecule has 0 unspecified atom stereocenters. The van der Waals surface area contributed by atoms with Gasteiger partial charge in [-0.25, -0.2) is 13.1 Å². The van der Waals surface area contributed by atoms with E-state index in [4.69, 9.17) is 0 Å². The molecule has 0 amide bonds. The average molecular weight is 284 g/mol. The van der Waals surface area contributed by atoms with Crippen LogP contribution in [0.1, 0.15) is 0 Å². The fraction of sp³-hybridized carbons (Fsp3) is 0.250. The summed E-state index contributed by atoms with van der Waals surface area (Å²) in [6.07, 6.45) is -4.67. The van der Waals surface area contributed by atoms with Crippen molar-refractivity contribution in [2.24, 2.45) is 0 Å². The lowest BCUT2D eigenvalue weighted by molar-refractivity contribution is -0.384. The van der Waals surface area contributed by atoms with Crippen LogP contribution in [0.5, 0.6) is 0 Å². The summed E-state index contributed by atoms with van der Waals surface area (Å²) in [4.78, 5) is 9.09. The van der Waals surface area contributed by atoms with Gasteiger partial charge in [0.1, 0.15) is 6.54 Å². The molecule has 0 saturated heterocycles. The van der Waals surface area contributed by atoms with Crippen LogP contribution in [0, 0.1) is 10.1 Å². The lowest BCUT2D eigenvalue weighted by Crippen LogP contribution is -2.33. The molecule has 1 rings (SSSR count). The second-order valence-electron chi connectivity index (χ2n) is 3.19. The Morgan fingerprint density at radius 2 is 1.72 bits per heavy atom. The second kappa shape index (κ2) is 4.90. The minimum atomic E-state index is -4.67. The van der Waals surface area contributed by atoms with Gasteiger partial charge < -0.3 is 0 Å². The largest absolute Gasteiger partial charge is 0.402 e. The van der Waals surface area contributed by atoms with Crippen molar-refractivity contribution in [3.8, 4) is 0 Å². The maximum absolute atomic E-state index is 11.9. The Labute approximate surface area is 99.6 Å². The van der Waals surface area contributed by atoms with Crippen molar-refractivity contribution in [3.05, 3.63) is 34.4 Å². The molecule has 0 aromatic heterocycles.